The lowest BCUT2D eigenvalue weighted by molar-refractivity contribution is 0.155. The van der Waals surface area contributed by atoms with Crippen molar-refractivity contribution in [3.63, 3.8) is 0 Å². The molecule has 0 aromatic rings. The monoisotopic (exact) mass is 125 g/mol. The highest BCUT2D eigenvalue weighted by Gasteiger charge is 2.19. The normalized spacial score (nSPS) is 30.6. The van der Waals surface area contributed by atoms with Gasteiger partial charge in [0.25, 0.3) is 0 Å². The van der Waals surface area contributed by atoms with Crippen molar-refractivity contribution < 1.29 is 5.11 Å². The molecule has 0 aromatic carbocycles. The minimum atomic E-state index is -0.340. The van der Waals surface area contributed by atoms with E-state index < -0.39 is 0 Å². The zero-order chi connectivity index (χ0) is 6.69. The maximum absolute atomic E-state index is 9.17. The van der Waals surface area contributed by atoms with E-state index in [2.05, 4.69) is 5.32 Å². The summed E-state index contributed by atoms with van der Waals surface area (Å²) < 4.78 is 0. The van der Waals surface area contributed by atoms with Gasteiger partial charge in [-0.3, -0.25) is 0 Å². The largest absolute Gasteiger partial charge is 0.392 e. The molecule has 1 fully saturated rings. The first-order valence-electron chi connectivity index (χ1n) is 3.46. The number of rotatable bonds is 2. The summed E-state index contributed by atoms with van der Waals surface area (Å²) >= 11 is 0. The van der Waals surface area contributed by atoms with E-state index in [9.17, 15) is 5.11 Å². The van der Waals surface area contributed by atoms with Crippen molar-refractivity contribution in [2.45, 2.75) is 31.3 Å². The smallest absolute Gasteiger partial charge is 0.0688 e. The van der Waals surface area contributed by atoms with Gasteiger partial charge in [0, 0.05) is 6.04 Å². The van der Waals surface area contributed by atoms with Gasteiger partial charge in [-0.15, -0.1) is 0 Å². The lowest BCUT2D eigenvalue weighted by Crippen LogP contribution is -2.34. The van der Waals surface area contributed by atoms with Crippen LogP contribution in [-0.2, 0) is 0 Å². The van der Waals surface area contributed by atoms with Crippen molar-refractivity contribution in [2.24, 2.45) is 0 Å². The summed E-state index contributed by atoms with van der Waals surface area (Å²) in [4.78, 5) is 0. The molecule has 2 radical (unpaired) electrons. The van der Waals surface area contributed by atoms with Crippen molar-refractivity contribution in [1.29, 1.82) is 0 Å². The standard InChI is InChI=1S/C6H12BNO/c7-4-6(9)5-2-1-3-8-5/h5-6,8-9H,1-4H2/t5-,6+/m0/s1. The second-order valence-electron chi connectivity index (χ2n) is 2.51. The molecule has 2 nitrogen and oxygen atoms in total. The van der Waals surface area contributed by atoms with Crippen LogP contribution >= 0.6 is 0 Å². The van der Waals surface area contributed by atoms with Gasteiger partial charge in [0.05, 0.1) is 14.0 Å². The zero-order valence-electron chi connectivity index (χ0n) is 5.51. The average molecular weight is 125 g/mol. The van der Waals surface area contributed by atoms with E-state index in [4.69, 9.17) is 7.85 Å². The predicted molar refractivity (Wildman–Crippen MR) is 37.6 cm³/mol. The first kappa shape index (κ1) is 7.10. The van der Waals surface area contributed by atoms with Crippen molar-refractivity contribution in [3.05, 3.63) is 0 Å². The molecule has 0 amide bonds. The summed E-state index contributed by atoms with van der Waals surface area (Å²) in [6.07, 6.45) is 2.27. The molecule has 0 aliphatic carbocycles. The van der Waals surface area contributed by atoms with E-state index in [0.717, 1.165) is 13.0 Å². The summed E-state index contributed by atoms with van der Waals surface area (Å²) in [6, 6.07) is 0.259. The molecule has 0 spiro atoms. The third kappa shape index (κ3) is 1.70. The molecule has 0 aromatic heterocycles. The van der Waals surface area contributed by atoms with Crippen LogP contribution in [0.4, 0.5) is 0 Å². The minimum Gasteiger partial charge on any atom is -0.392 e. The highest BCUT2D eigenvalue weighted by atomic mass is 16.3. The number of hydrogen-bond acceptors (Lipinski definition) is 2. The van der Waals surface area contributed by atoms with Crippen LogP contribution in [0.1, 0.15) is 12.8 Å². The third-order valence-electron chi connectivity index (χ3n) is 1.80. The Balaban J connectivity index is 2.24. The number of aliphatic hydroxyl groups is 1. The molecule has 0 bridgehead atoms. The molecule has 1 saturated heterocycles. The molecule has 1 rings (SSSR count). The van der Waals surface area contributed by atoms with Gasteiger partial charge < -0.3 is 10.4 Å². The van der Waals surface area contributed by atoms with Crippen LogP contribution in [-0.4, -0.2) is 31.6 Å². The van der Waals surface area contributed by atoms with Gasteiger partial charge in [-0.2, -0.15) is 0 Å². The fourth-order valence-electron chi connectivity index (χ4n) is 1.20. The van der Waals surface area contributed by atoms with Crippen LogP contribution in [0.25, 0.3) is 0 Å². The Labute approximate surface area is 57.1 Å². The highest BCUT2D eigenvalue weighted by Crippen LogP contribution is 2.10. The van der Waals surface area contributed by atoms with E-state index in [1.807, 2.05) is 0 Å². The van der Waals surface area contributed by atoms with E-state index >= 15 is 0 Å². The minimum absolute atomic E-state index is 0.259. The van der Waals surface area contributed by atoms with Gasteiger partial charge in [-0.1, -0.05) is 6.32 Å². The van der Waals surface area contributed by atoms with Crippen LogP contribution in [0.5, 0.6) is 0 Å². The highest BCUT2D eigenvalue weighted by molar-refractivity contribution is 6.08. The molecular formula is C6H12BNO. The van der Waals surface area contributed by atoms with Gasteiger partial charge in [0.15, 0.2) is 0 Å². The van der Waals surface area contributed by atoms with E-state index in [1.54, 1.807) is 0 Å². The molecule has 0 unspecified atom stereocenters. The number of hydrogen-bond donors (Lipinski definition) is 2. The van der Waals surface area contributed by atoms with Gasteiger partial charge >= 0.3 is 0 Å². The Morgan fingerprint density at radius 3 is 3.00 bits per heavy atom. The first-order chi connectivity index (χ1) is 4.34. The summed E-state index contributed by atoms with van der Waals surface area (Å²) in [5, 5.41) is 12.3. The molecule has 9 heavy (non-hydrogen) atoms. The van der Waals surface area contributed by atoms with Crippen LogP contribution < -0.4 is 5.32 Å². The van der Waals surface area contributed by atoms with Crippen molar-refractivity contribution in [2.75, 3.05) is 6.54 Å². The molecule has 50 valence electrons. The van der Waals surface area contributed by atoms with Gasteiger partial charge in [0.1, 0.15) is 0 Å². The fourth-order valence-corrected chi connectivity index (χ4v) is 1.20. The van der Waals surface area contributed by atoms with Crippen LogP contribution in [0, 0.1) is 0 Å². The van der Waals surface area contributed by atoms with Crippen LogP contribution in [0.2, 0.25) is 6.32 Å². The van der Waals surface area contributed by atoms with Gasteiger partial charge in [-0.05, 0) is 19.4 Å². The molecule has 1 heterocycles. The lowest BCUT2D eigenvalue weighted by Gasteiger charge is -2.15. The fraction of sp³-hybridized carbons (Fsp3) is 1.00. The molecule has 1 aliphatic rings. The zero-order valence-corrected chi connectivity index (χ0v) is 5.51. The molecule has 2 atom stereocenters. The first-order valence-corrected chi connectivity index (χ1v) is 3.46. The van der Waals surface area contributed by atoms with E-state index in [-0.39, 0.29) is 12.1 Å². The topological polar surface area (TPSA) is 32.3 Å². The Morgan fingerprint density at radius 2 is 2.56 bits per heavy atom. The summed E-state index contributed by atoms with van der Waals surface area (Å²) in [7, 11) is 5.26. The second kappa shape index (κ2) is 3.23. The third-order valence-corrected chi connectivity index (χ3v) is 1.80. The van der Waals surface area contributed by atoms with E-state index in [0.29, 0.717) is 6.32 Å². The Bertz CT molecular complexity index is 83.1. The van der Waals surface area contributed by atoms with Crippen molar-refractivity contribution in [3.8, 4) is 0 Å². The lowest BCUT2D eigenvalue weighted by atomic mass is 9.94. The van der Waals surface area contributed by atoms with Crippen LogP contribution in [0.15, 0.2) is 0 Å². The molecule has 0 saturated carbocycles. The SMILES string of the molecule is [B]C[C@@H](O)[C@@H]1CCCN1. The Kier molecular flexibility index (Phi) is 2.55. The number of aliphatic hydroxyl groups excluding tert-OH is 1. The van der Waals surface area contributed by atoms with Crippen molar-refractivity contribution in [1.82, 2.24) is 5.32 Å². The Hall–Kier alpha value is -0.0151. The molecule has 2 N–H and O–H groups in total. The Morgan fingerprint density at radius 1 is 1.78 bits per heavy atom. The van der Waals surface area contributed by atoms with E-state index in [1.165, 1.54) is 6.42 Å². The molecule has 1 aliphatic heterocycles. The quantitative estimate of drug-likeness (QED) is 0.496. The average Bonchev–Trinajstić information content (AvgIpc) is 2.37. The molecular weight excluding hydrogens is 113 g/mol. The van der Waals surface area contributed by atoms with Crippen molar-refractivity contribution >= 4 is 7.85 Å². The van der Waals surface area contributed by atoms with Gasteiger partial charge in [-0.25, -0.2) is 0 Å². The maximum Gasteiger partial charge on any atom is 0.0688 e. The molecule has 3 heteroatoms. The number of nitrogens with one attached hydrogen (secondary N) is 1. The van der Waals surface area contributed by atoms with Gasteiger partial charge in [0.2, 0.25) is 0 Å². The second-order valence-corrected chi connectivity index (χ2v) is 2.51. The van der Waals surface area contributed by atoms with Crippen LogP contribution in [0.3, 0.4) is 0 Å². The summed E-state index contributed by atoms with van der Waals surface area (Å²) in [6.45, 7) is 1.03. The predicted octanol–water partition coefficient (Wildman–Crippen LogP) is -0.314. The summed E-state index contributed by atoms with van der Waals surface area (Å²) in [5.74, 6) is 0. The summed E-state index contributed by atoms with van der Waals surface area (Å²) in [5.41, 5.74) is 0. The maximum atomic E-state index is 9.17.